The molecule has 1 aromatic carbocycles. The number of benzene rings is 1. The van der Waals surface area contributed by atoms with Crippen molar-refractivity contribution in [2.75, 3.05) is 0 Å². The largest absolute Gasteiger partial charge is 0.207 e. The Balaban J connectivity index is 3.09. The first kappa shape index (κ1) is 12.6. The molecule has 0 aromatic heterocycles. The van der Waals surface area contributed by atoms with Gasteiger partial charge in [-0.2, -0.15) is 0 Å². The van der Waals surface area contributed by atoms with Gasteiger partial charge in [0.2, 0.25) is 0 Å². The summed E-state index contributed by atoms with van der Waals surface area (Å²) < 4.78 is 26.6. The van der Waals surface area contributed by atoms with Crippen molar-refractivity contribution in [3.8, 4) is 0 Å². The van der Waals surface area contributed by atoms with Crippen LogP contribution in [-0.4, -0.2) is 0 Å². The van der Waals surface area contributed by atoms with Crippen LogP contribution in [0.2, 0.25) is 0 Å². The average molecular weight is 277 g/mol. The van der Waals surface area contributed by atoms with Crippen molar-refractivity contribution in [3.63, 3.8) is 0 Å². The first-order valence-electron chi connectivity index (χ1n) is 5.07. The molecule has 1 aromatic rings. The van der Waals surface area contributed by atoms with E-state index < -0.39 is 11.6 Å². The molecule has 3 heteroatoms. The minimum atomic E-state index is -0.486. The molecule has 15 heavy (non-hydrogen) atoms. The standard InChI is InChI=1S/C12H15BrF2/c1-4-7(2)12(13)9-5-8(3)10(14)6-11(9)15/h5-7,12H,4H2,1-3H3. The molecule has 0 radical (unpaired) electrons. The molecule has 0 heterocycles. The molecule has 0 N–H and O–H groups in total. The number of halogens is 3. The fraction of sp³-hybridized carbons (Fsp3) is 0.500. The van der Waals surface area contributed by atoms with Crippen LogP contribution in [0.15, 0.2) is 12.1 Å². The predicted octanol–water partition coefficient (Wildman–Crippen LogP) is 4.76. The Kier molecular flexibility index (Phi) is 4.26. The Bertz CT molecular complexity index is 350. The minimum Gasteiger partial charge on any atom is -0.207 e. The van der Waals surface area contributed by atoms with Gasteiger partial charge in [0, 0.05) is 16.5 Å². The molecule has 0 nitrogen and oxygen atoms in total. The summed E-state index contributed by atoms with van der Waals surface area (Å²) >= 11 is 3.46. The molecule has 84 valence electrons. The Morgan fingerprint density at radius 2 is 1.87 bits per heavy atom. The molecule has 0 fully saturated rings. The van der Waals surface area contributed by atoms with Gasteiger partial charge < -0.3 is 0 Å². The van der Waals surface area contributed by atoms with Gasteiger partial charge in [0.1, 0.15) is 11.6 Å². The number of aryl methyl sites for hydroxylation is 1. The Hall–Kier alpha value is -0.440. The number of hydrogen-bond donors (Lipinski definition) is 0. The van der Waals surface area contributed by atoms with Crippen molar-refractivity contribution in [1.29, 1.82) is 0 Å². The van der Waals surface area contributed by atoms with Crippen molar-refractivity contribution in [2.24, 2.45) is 5.92 Å². The van der Waals surface area contributed by atoms with E-state index in [1.54, 1.807) is 13.0 Å². The number of rotatable bonds is 3. The van der Waals surface area contributed by atoms with Gasteiger partial charge in [-0.3, -0.25) is 0 Å². The molecule has 0 spiro atoms. The minimum absolute atomic E-state index is 0.0539. The van der Waals surface area contributed by atoms with Gasteiger partial charge in [-0.25, -0.2) is 8.78 Å². The van der Waals surface area contributed by atoms with Gasteiger partial charge in [0.05, 0.1) is 0 Å². The Morgan fingerprint density at radius 1 is 1.27 bits per heavy atom. The van der Waals surface area contributed by atoms with E-state index in [9.17, 15) is 8.78 Å². The van der Waals surface area contributed by atoms with Crippen LogP contribution in [0.1, 0.15) is 36.2 Å². The second-order valence-corrected chi connectivity index (χ2v) is 4.90. The highest BCUT2D eigenvalue weighted by Gasteiger charge is 2.19. The maximum absolute atomic E-state index is 13.5. The van der Waals surface area contributed by atoms with Crippen molar-refractivity contribution in [3.05, 3.63) is 34.9 Å². The SMILES string of the molecule is CCC(C)C(Br)c1cc(C)c(F)cc1F. The van der Waals surface area contributed by atoms with Crippen LogP contribution in [0.3, 0.4) is 0 Å². The first-order valence-corrected chi connectivity index (χ1v) is 5.98. The summed E-state index contributed by atoms with van der Waals surface area (Å²) in [7, 11) is 0. The Labute approximate surface area is 97.8 Å². The lowest BCUT2D eigenvalue weighted by atomic mass is 9.97. The fourth-order valence-electron chi connectivity index (χ4n) is 1.40. The smallest absolute Gasteiger partial charge is 0.130 e. The molecule has 0 aliphatic carbocycles. The molecule has 2 atom stereocenters. The van der Waals surface area contributed by atoms with Crippen LogP contribution in [0.4, 0.5) is 8.78 Å². The lowest BCUT2D eigenvalue weighted by Crippen LogP contribution is -2.05. The molecular weight excluding hydrogens is 262 g/mol. The lowest BCUT2D eigenvalue weighted by Gasteiger charge is -2.18. The van der Waals surface area contributed by atoms with E-state index in [2.05, 4.69) is 15.9 Å². The zero-order chi connectivity index (χ0) is 11.6. The molecule has 0 saturated carbocycles. The van der Waals surface area contributed by atoms with E-state index in [-0.39, 0.29) is 4.83 Å². The third kappa shape index (κ3) is 2.77. The zero-order valence-corrected chi connectivity index (χ0v) is 10.7. The van der Waals surface area contributed by atoms with E-state index in [1.165, 1.54) is 0 Å². The molecule has 2 unspecified atom stereocenters. The van der Waals surface area contributed by atoms with Crippen molar-refractivity contribution in [1.82, 2.24) is 0 Å². The van der Waals surface area contributed by atoms with Gasteiger partial charge in [0.25, 0.3) is 0 Å². The van der Waals surface area contributed by atoms with Crippen molar-refractivity contribution in [2.45, 2.75) is 32.0 Å². The second kappa shape index (κ2) is 5.06. The monoisotopic (exact) mass is 276 g/mol. The zero-order valence-electron chi connectivity index (χ0n) is 9.15. The number of alkyl halides is 1. The van der Waals surface area contributed by atoms with E-state index in [4.69, 9.17) is 0 Å². The third-order valence-electron chi connectivity index (χ3n) is 2.72. The molecule has 0 saturated heterocycles. The normalized spacial score (nSPS) is 15.1. The van der Waals surface area contributed by atoms with Crippen molar-refractivity contribution >= 4 is 15.9 Å². The van der Waals surface area contributed by atoms with Gasteiger partial charge in [-0.1, -0.05) is 36.2 Å². The molecule has 1 rings (SSSR count). The predicted molar refractivity (Wildman–Crippen MR) is 62.2 cm³/mol. The van der Waals surface area contributed by atoms with Crippen LogP contribution < -0.4 is 0 Å². The quantitative estimate of drug-likeness (QED) is 0.699. The molecule has 0 aliphatic heterocycles. The lowest BCUT2D eigenvalue weighted by molar-refractivity contribution is 0.517. The fourth-order valence-corrected chi connectivity index (χ4v) is 2.13. The summed E-state index contributed by atoms with van der Waals surface area (Å²) in [5, 5.41) is 0. The highest BCUT2D eigenvalue weighted by Crippen LogP contribution is 2.35. The van der Waals surface area contributed by atoms with Crippen LogP contribution in [0, 0.1) is 24.5 Å². The second-order valence-electron chi connectivity index (χ2n) is 3.91. The van der Waals surface area contributed by atoms with Gasteiger partial charge in [-0.15, -0.1) is 0 Å². The highest BCUT2D eigenvalue weighted by molar-refractivity contribution is 9.09. The maximum Gasteiger partial charge on any atom is 0.130 e. The third-order valence-corrected chi connectivity index (χ3v) is 4.11. The highest BCUT2D eigenvalue weighted by atomic mass is 79.9. The Morgan fingerprint density at radius 3 is 2.40 bits per heavy atom. The van der Waals surface area contributed by atoms with Gasteiger partial charge in [0.15, 0.2) is 0 Å². The topological polar surface area (TPSA) is 0 Å². The molecular formula is C12H15BrF2. The van der Waals surface area contributed by atoms with E-state index in [0.717, 1.165) is 12.5 Å². The summed E-state index contributed by atoms with van der Waals surface area (Å²) in [6, 6.07) is 2.54. The van der Waals surface area contributed by atoms with Crippen LogP contribution in [0.5, 0.6) is 0 Å². The van der Waals surface area contributed by atoms with Crippen LogP contribution >= 0.6 is 15.9 Å². The maximum atomic E-state index is 13.5. The van der Waals surface area contributed by atoms with Gasteiger partial charge >= 0.3 is 0 Å². The average Bonchev–Trinajstić information content (AvgIpc) is 2.21. The van der Waals surface area contributed by atoms with E-state index in [1.807, 2.05) is 13.8 Å². The molecule has 0 aliphatic rings. The number of hydrogen-bond acceptors (Lipinski definition) is 0. The summed E-state index contributed by atoms with van der Waals surface area (Å²) in [6.45, 7) is 5.74. The van der Waals surface area contributed by atoms with Crippen LogP contribution in [-0.2, 0) is 0 Å². The van der Waals surface area contributed by atoms with Gasteiger partial charge in [-0.05, 0) is 24.5 Å². The van der Waals surface area contributed by atoms with Crippen molar-refractivity contribution < 1.29 is 8.78 Å². The first-order chi connectivity index (χ1) is 6.97. The molecule has 0 amide bonds. The van der Waals surface area contributed by atoms with Crippen LogP contribution in [0.25, 0.3) is 0 Å². The van der Waals surface area contributed by atoms with E-state index >= 15 is 0 Å². The van der Waals surface area contributed by atoms with E-state index in [0.29, 0.717) is 17.0 Å². The summed E-state index contributed by atoms with van der Waals surface area (Å²) in [4.78, 5) is -0.0539. The summed E-state index contributed by atoms with van der Waals surface area (Å²) in [5.74, 6) is -0.635. The summed E-state index contributed by atoms with van der Waals surface area (Å²) in [6.07, 6.45) is 0.950. The summed E-state index contributed by atoms with van der Waals surface area (Å²) in [5.41, 5.74) is 1.03. The molecule has 0 bridgehead atoms.